The largest absolute Gasteiger partial charge is 0.495 e. The molecule has 2 aromatic rings. The van der Waals surface area contributed by atoms with Gasteiger partial charge in [0.05, 0.1) is 37.3 Å². The van der Waals surface area contributed by atoms with Crippen molar-refractivity contribution in [1.29, 1.82) is 5.41 Å². The molecule has 0 bridgehead atoms. The summed E-state index contributed by atoms with van der Waals surface area (Å²) in [5.74, 6) is 1.33. The van der Waals surface area contributed by atoms with Crippen LogP contribution in [0, 0.1) is 5.41 Å². The van der Waals surface area contributed by atoms with E-state index in [9.17, 15) is 0 Å². The van der Waals surface area contributed by atoms with E-state index in [1.54, 1.807) is 13.2 Å². The predicted molar refractivity (Wildman–Crippen MR) is 100 cm³/mol. The van der Waals surface area contributed by atoms with Gasteiger partial charge in [-0.1, -0.05) is 6.08 Å². The molecule has 8 heteroatoms. The van der Waals surface area contributed by atoms with Crippen LogP contribution in [0.3, 0.4) is 0 Å². The number of methoxy groups -OCH3 is 1. The standard InChI is InChI=1S/C17H19N5O2S/c1-23-13-3-2-11(25)8-12(13)22-17-14(16(19)20-9-21-17)15(18)10-4-6-24-7-5-10/h2-4,8-9,18,25H,5-7H2,1H3,(H3,19,20,21,22). The van der Waals surface area contributed by atoms with Crippen LogP contribution in [-0.2, 0) is 4.74 Å². The predicted octanol–water partition coefficient (Wildman–Crippen LogP) is 2.81. The number of hydrogen-bond donors (Lipinski definition) is 4. The van der Waals surface area contributed by atoms with E-state index in [0.29, 0.717) is 48.2 Å². The number of hydrogen-bond acceptors (Lipinski definition) is 8. The Balaban J connectivity index is 2.00. The average molecular weight is 357 g/mol. The van der Waals surface area contributed by atoms with Crippen LogP contribution in [0.1, 0.15) is 12.0 Å². The summed E-state index contributed by atoms with van der Waals surface area (Å²) in [6, 6.07) is 5.46. The first-order valence-corrected chi connectivity index (χ1v) is 8.15. The molecule has 1 aliphatic heterocycles. The molecule has 0 saturated heterocycles. The summed E-state index contributed by atoms with van der Waals surface area (Å²) in [5.41, 5.74) is 8.35. The van der Waals surface area contributed by atoms with E-state index in [1.165, 1.54) is 6.33 Å². The maximum atomic E-state index is 8.54. The van der Waals surface area contributed by atoms with Gasteiger partial charge in [-0.25, -0.2) is 9.97 Å². The number of nitrogens with zero attached hydrogens (tertiary/aromatic N) is 2. The zero-order valence-corrected chi connectivity index (χ0v) is 14.6. The van der Waals surface area contributed by atoms with Crippen LogP contribution >= 0.6 is 12.6 Å². The molecule has 0 unspecified atom stereocenters. The van der Waals surface area contributed by atoms with Gasteiger partial charge in [-0.2, -0.15) is 0 Å². The molecular formula is C17H19N5O2S. The second-order valence-corrected chi connectivity index (χ2v) is 5.94. The maximum Gasteiger partial charge on any atom is 0.145 e. The van der Waals surface area contributed by atoms with Gasteiger partial charge in [-0.05, 0) is 30.2 Å². The zero-order valence-electron chi connectivity index (χ0n) is 13.7. The molecule has 3 rings (SSSR count). The van der Waals surface area contributed by atoms with Crippen LogP contribution in [0.15, 0.2) is 41.1 Å². The van der Waals surface area contributed by atoms with Crippen molar-refractivity contribution in [3.63, 3.8) is 0 Å². The Morgan fingerprint density at radius 3 is 2.96 bits per heavy atom. The number of rotatable bonds is 5. The number of thiol groups is 1. The number of aromatic nitrogens is 2. The highest BCUT2D eigenvalue weighted by Crippen LogP contribution is 2.32. The second-order valence-electron chi connectivity index (χ2n) is 5.42. The molecule has 0 atom stereocenters. The van der Waals surface area contributed by atoms with Crippen molar-refractivity contribution in [3.05, 3.63) is 41.7 Å². The highest BCUT2D eigenvalue weighted by Gasteiger charge is 2.20. The first-order chi connectivity index (χ1) is 12.1. The second kappa shape index (κ2) is 7.54. The van der Waals surface area contributed by atoms with Crippen molar-refractivity contribution < 1.29 is 9.47 Å². The summed E-state index contributed by atoms with van der Waals surface area (Å²) in [6.07, 6.45) is 3.91. The third-order valence-electron chi connectivity index (χ3n) is 3.85. The van der Waals surface area contributed by atoms with E-state index in [2.05, 4.69) is 27.9 Å². The molecule has 1 aromatic heterocycles. The van der Waals surface area contributed by atoms with Crippen molar-refractivity contribution >= 4 is 35.7 Å². The Morgan fingerprint density at radius 1 is 1.40 bits per heavy atom. The topological polar surface area (TPSA) is 106 Å². The number of benzene rings is 1. The molecular weight excluding hydrogens is 338 g/mol. The number of nitrogens with two attached hydrogens (primary N) is 1. The summed E-state index contributed by atoms with van der Waals surface area (Å²) in [4.78, 5) is 9.08. The SMILES string of the molecule is COc1ccc(S)cc1Nc1ncnc(N)c1C(=N)C1=CCOCC1. The van der Waals surface area contributed by atoms with E-state index in [-0.39, 0.29) is 5.82 Å². The van der Waals surface area contributed by atoms with Gasteiger partial charge in [-0.15, -0.1) is 12.6 Å². The Kier molecular flexibility index (Phi) is 5.20. The van der Waals surface area contributed by atoms with Crippen molar-refractivity contribution in [2.75, 3.05) is 31.4 Å². The van der Waals surface area contributed by atoms with Gasteiger partial charge >= 0.3 is 0 Å². The number of anilines is 3. The van der Waals surface area contributed by atoms with Crippen LogP contribution in [0.4, 0.5) is 17.3 Å². The van der Waals surface area contributed by atoms with Gasteiger partial charge in [0.1, 0.15) is 23.7 Å². The lowest BCUT2D eigenvalue weighted by Gasteiger charge is -2.18. The normalized spacial score (nSPS) is 13.9. The quantitative estimate of drug-likeness (QED) is 0.484. The fourth-order valence-corrected chi connectivity index (χ4v) is 2.78. The van der Waals surface area contributed by atoms with Crippen LogP contribution in [0.2, 0.25) is 0 Å². The molecule has 2 heterocycles. The van der Waals surface area contributed by atoms with Crippen molar-refractivity contribution in [2.24, 2.45) is 0 Å². The smallest absolute Gasteiger partial charge is 0.145 e. The third kappa shape index (κ3) is 3.75. The highest BCUT2D eigenvalue weighted by molar-refractivity contribution is 7.80. The molecule has 0 radical (unpaired) electrons. The fraction of sp³-hybridized carbons (Fsp3) is 0.235. The van der Waals surface area contributed by atoms with Crippen LogP contribution in [0.25, 0.3) is 0 Å². The molecule has 7 nitrogen and oxygen atoms in total. The van der Waals surface area contributed by atoms with E-state index >= 15 is 0 Å². The molecule has 0 saturated carbocycles. The van der Waals surface area contributed by atoms with Crippen molar-refractivity contribution in [1.82, 2.24) is 9.97 Å². The van der Waals surface area contributed by atoms with E-state index in [4.69, 9.17) is 20.6 Å². The molecule has 130 valence electrons. The summed E-state index contributed by atoms with van der Waals surface area (Å²) in [7, 11) is 1.59. The van der Waals surface area contributed by atoms with Gasteiger partial charge in [0.25, 0.3) is 0 Å². The number of nitrogen functional groups attached to an aromatic ring is 1. The van der Waals surface area contributed by atoms with Gasteiger partial charge in [0.2, 0.25) is 0 Å². The molecule has 0 fully saturated rings. The number of ether oxygens (including phenoxy) is 2. The van der Waals surface area contributed by atoms with Gasteiger partial charge in [0.15, 0.2) is 0 Å². The van der Waals surface area contributed by atoms with E-state index in [0.717, 1.165) is 10.5 Å². The molecule has 0 aliphatic carbocycles. The minimum Gasteiger partial charge on any atom is -0.495 e. The van der Waals surface area contributed by atoms with Crippen molar-refractivity contribution in [3.8, 4) is 5.75 Å². The summed E-state index contributed by atoms with van der Waals surface area (Å²) >= 11 is 4.36. The molecule has 4 N–H and O–H groups in total. The minimum absolute atomic E-state index is 0.246. The Labute approximate surface area is 151 Å². The molecule has 1 aliphatic rings. The maximum absolute atomic E-state index is 8.54. The molecule has 25 heavy (non-hydrogen) atoms. The fourth-order valence-electron chi connectivity index (χ4n) is 2.58. The monoisotopic (exact) mass is 357 g/mol. The summed E-state index contributed by atoms with van der Waals surface area (Å²) in [6.45, 7) is 1.07. The number of nitrogens with one attached hydrogen (secondary N) is 2. The van der Waals surface area contributed by atoms with Crippen LogP contribution in [0.5, 0.6) is 5.75 Å². The van der Waals surface area contributed by atoms with E-state index in [1.807, 2.05) is 18.2 Å². The first kappa shape index (κ1) is 17.2. The minimum atomic E-state index is 0.246. The van der Waals surface area contributed by atoms with Gasteiger partial charge in [-0.3, -0.25) is 5.41 Å². The molecule has 0 spiro atoms. The Morgan fingerprint density at radius 2 is 2.24 bits per heavy atom. The van der Waals surface area contributed by atoms with Crippen molar-refractivity contribution in [2.45, 2.75) is 11.3 Å². The lowest BCUT2D eigenvalue weighted by molar-refractivity contribution is 0.156. The highest BCUT2D eigenvalue weighted by atomic mass is 32.1. The molecule has 0 amide bonds. The van der Waals surface area contributed by atoms with Crippen LogP contribution in [-0.4, -0.2) is 36.0 Å². The lowest BCUT2D eigenvalue weighted by atomic mass is 9.99. The zero-order chi connectivity index (χ0) is 17.8. The Bertz CT molecular complexity index is 838. The van der Waals surface area contributed by atoms with Gasteiger partial charge < -0.3 is 20.5 Å². The van der Waals surface area contributed by atoms with Gasteiger partial charge in [0, 0.05) is 4.90 Å². The summed E-state index contributed by atoms with van der Waals surface area (Å²) < 4.78 is 10.7. The van der Waals surface area contributed by atoms with Crippen LogP contribution < -0.4 is 15.8 Å². The van der Waals surface area contributed by atoms with E-state index < -0.39 is 0 Å². The first-order valence-electron chi connectivity index (χ1n) is 7.70. The summed E-state index contributed by atoms with van der Waals surface area (Å²) in [5, 5.41) is 11.7. The lowest BCUT2D eigenvalue weighted by Crippen LogP contribution is -2.17. The molecule has 1 aromatic carbocycles. The average Bonchev–Trinajstić information content (AvgIpc) is 2.62. The Hall–Kier alpha value is -2.58. The third-order valence-corrected chi connectivity index (χ3v) is 4.13.